The standard InChI is InChI=1S/C17H15Cl2N5S/c18-14-5-1-12(2-6-14)9-20-17(25)22-16-21-11-24(23-16)10-13-3-7-15(19)8-4-13/h1-8,11H,9-10H2,(H2,20,22,23,25). The molecule has 0 unspecified atom stereocenters. The van der Waals surface area contributed by atoms with Crippen LogP contribution in [0.3, 0.4) is 0 Å². The Kier molecular flexibility index (Phi) is 5.86. The molecule has 2 aromatic carbocycles. The number of nitrogens with one attached hydrogen (secondary N) is 2. The summed E-state index contributed by atoms with van der Waals surface area (Å²) in [4.78, 5) is 4.21. The summed E-state index contributed by atoms with van der Waals surface area (Å²) in [5, 5.41) is 12.3. The molecule has 3 aromatic rings. The Labute approximate surface area is 161 Å². The number of halogens is 2. The number of thiocarbonyl (C=S) groups is 1. The van der Waals surface area contributed by atoms with E-state index in [0.29, 0.717) is 34.2 Å². The van der Waals surface area contributed by atoms with E-state index in [9.17, 15) is 0 Å². The molecule has 0 radical (unpaired) electrons. The Balaban J connectivity index is 1.51. The van der Waals surface area contributed by atoms with E-state index in [4.69, 9.17) is 35.4 Å². The summed E-state index contributed by atoms with van der Waals surface area (Å²) in [6.07, 6.45) is 1.65. The molecule has 0 aliphatic heterocycles. The third kappa shape index (κ3) is 5.42. The van der Waals surface area contributed by atoms with Crippen molar-refractivity contribution in [2.24, 2.45) is 0 Å². The molecule has 0 saturated heterocycles. The highest BCUT2D eigenvalue weighted by molar-refractivity contribution is 7.80. The van der Waals surface area contributed by atoms with Crippen molar-refractivity contribution in [3.05, 3.63) is 76.0 Å². The highest BCUT2D eigenvalue weighted by Gasteiger charge is 2.04. The predicted octanol–water partition coefficient (Wildman–Crippen LogP) is 4.12. The molecule has 0 amide bonds. The number of hydrogen-bond acceptors (Lipinski definition) is 3. The Morgan fingerprint density at radius 3 is 2.20 bits per heavy atom. The van der Waals surface area contributed by atoms with Gasteiger partial charge < -0.3 is 5.32 Å². The second-order valence-corrected chi connectivity index (χ2v) is 6.61. The van der Waals surface area contributed by atoms with Crippen LogP contribution < -0.4 is 10.6 Å². The summed E-state index contributed by atoms with van der Waals surface area (Å²) in [5.41, 5.74) is 2.17. The molecule has 3 rings (SSSR count). The van der Waals surface area contributed by atoms with Crippen molar-refractivity contribution in [1.29, 1.82) is 0 Å². The first-order chi connectivity index (χ1) is 12.1. The maximum absolute atomic E-state index is 5.89. The molecule has 1 heterocycles. The lowest BCUT2D eigenvalue weighted by Crippen LogP contribution is -2.28. The third-order valence-corrected chi connectivity index (χ3v) is 4.14. The second-order valence-electron chi connectivity index (χ2n) is 5.33. The number of nitrogens with zero attached hydrogens (tertiary/aromatic N) is 3. The van der Waals surface area contributed by atoms with Gasteiger partial charge in [0.1, 0.15) is 6.33 Å². The number of aromatic nitrogens is 3. The number of hydrogen-bond donors (Lipinski definition) is 2. The van der Waals surface area contributed by atoms with Crippen LogP contribution in [-0.2, 0) is 13.1 Å². The summed E-state index contributed by atoms with van der Waals surface area (Å²) < 4.78 is 1.73. The van der Waals surface area contributed by atoms with E-state index >= 15 is 0 Å². The molecule has 0 saturated carbocycles. The molecule has 0 fully saturated rings. The number of rotatable bonds is 5. The van der Waals surface area contributed by atoms with Gasteiger partial charge in [-0.25, -0.2) is 9.67 Å². The van der Waals surface area contributed by atoms with E-state index in [2.05, 4.69) is 20.7 Å². The normalized spacial score (nSPS) is 10.5. The molecule has 0 aliphatic carbocycles. The molecule has 5 nitrogen and oxygen atoms in total. The minimum atomic E-state index is 0.447. The molecule has 0 bridgehead atoms. The summed E-state index contributed by atoms with van der Waals surface area (Å²) in [6.45, 7) is 1.20. The van der Waals surface area contributed by atoms with Crippen LogP contribution in [0.15, 0.2) is 54.9 Å². The van der Waals surface area contributed by atoms with Gasteiger partial charge in [0.15, 0.2) is 5.11 Å². The van der Waals surface area contributed by atoms with Crippen molar-refractivity contribution >= 4 is 46.5 Å². The van der Waals surface area contributed by atoms with Crippen LogP contribution >= 0.6 is 35.4 Å². The first-order valence-corrected chi connectivity index (χ1v) is 8.68. The van der Waals surface area contributed by atoms with Gasteiger partial charge in [-0.1, -0.05) is 47.5 Å². The van der Waals surface area contributed by atoms with Crippen molar-refractivity contribution in [2.45, 2.75) is 13.1 Å². The van der Waals surface area contributed by atoms with Gasteiger partial charge in [0.25, 0.3) is 0 Å². The zero-order valence-electron chi connectivity index (χ0n) is 13.1. The molecule has 2 N–H and O–H groups in total. The largest absolute Gasteiger partial charge is 0.358 e. The second kappa shape index (κ2) is 8.29. The average molecular weight is 392 g/mol. The number of benzene rings is 2. The Morgan fingerprint density at radius 1 is 0.960 bits per heavy atom. The van der Waals surface area contributed by atoms with Gasteiger partial charge in [-0.2, -0.15) is 0 Å². The van der Waals surface area contributed by atoms with Crippen LogP contribution in [0.25, 0.3) is 0 Å². The lowest BCUT2D eigenvalue weighted by Gasteiger charge is -2.08. The zero-order valence-corrected chi connectivity index (χ0v) is 15.4. The summed E-state index contributed by atoms with van der Waals surface area (Å²) >= 11 is 17.0. The van der Waals surface area contributed by atoms with Crippen LogP contribution in [0.4, 0.5) is 5.95 Å². The van der Waals surface area contributed by atoms with Gasteiger partial charge in [-0.3, -0.25) is 5.32 Å². The van der Waals surface area contributed by atoms with E-state index in [-0.39, 0.29) is 0 Å². The third-order valence-electron chi connectivity index (χ3n) is 3.39. The molecule has 25 heavy (non-hydrogen) atoms. The fourth-order valence-corrected chi connectivity index (χ4v) is 2.55. The Bertz CT molecular complexity index is 846. The van der Waals surface area contributed by atoms with Crippen molar-refractivity contribution in [2.75, 3.05) is 5.32 Å². The van der Waals surface area contributed by atoms with Crippen LogP contribution in [0.5, 0.6) is 0 Å². The van der Waals surface area contributed by atoms with Crippen LogP contribution in [0.2, 0.25) is 10.0 Å². The monoisotopic (exact) mass is 391 g/mol. The highest BCUT2D eigenvalue weighted by Crippen LogP contribution is 2.11. The van der Waals surface area contributed by atoms with Gasteiger partial charge >= 0.3 is 0 Å². The van der Waals surface area contributed by atoms with Crippen molar-refractivity contribution in [3.63, 3.8) is 0 Å². The van der Waals surface area contributed by atoms with Gasteiger partial charge in [0.05, 0.1) is 6.54 Å². The molecule has 0 aliphatic rings. The quantitative estimate of drug-likeness (QED) is 0.640. The lowest BCUT2D eigenvalue weighted by molar-refractivity contribution is 0.687. The topological polar surface area (TPSA) is 54.8 Å². The summed E-state index contributed by atoms with van der Waals surface area (Å²) in [7, 11) is 0. The van der Waals surface area contributed by atoms with Crippen LogP contribution in [-0.4, -0.2) is 19.9 Å². The van der Waals surface area contributed by atoms with E-state index in [0.717, 1.165) is 11.1 Å². The van der Waals surface area contributed by atoms with Gasteiger partial charge in [-0.15, -0.1) is 5.10 Å². The molecule has 1 aromatic heterocycles. The highest BCUT2D eigenvalue weighted by atomic mass is 35.5. The molecular formula is C17H15Cl2N5S. The maximum Gasteiger partial charge on any atom is 0.248 e. The van der Waals surface area contributed by atoms with E-state index in [1.54, 1.807) is 11.0 Å². The fourth-order valence-electron chi connectivity index (χ4n) is 2.14. The average Bonchev–Trinajstić information content (AvgIpc) is 3.03. The van der Waals surface area contributed by atoms with Crippen LogP contribution in [0, 0.1) is 0 Å². The SMILES string of the molecule is S=C(NCc1ccc(Cl)cc1)Nc1ncn(Cc2ccc(Cl)cc2)n1. The van der Waals surface area contributed by atoms with Crippen molar-refractivity contribution in [3.8, 4) is 0 Å². The van der Waals surface area contributed by atoms with Gasteiger partial charge in [-0.05, 0) is 47.6 Å². The van der Waals surface area contributed by atoms with E-state index in [1.165, 1.54) is 0 Å². The van der Waals surface area contributed by atoms with E-state index < -0.39 is 0 Å². The first-order valence-electron chi connectivity index (χ1n) is 7.52. The van der Waals surface area contributed by atoms with Crippen LogP contribution in [0.1, 0.15) is 11.1 Å². The minimum Gasteiger partial charge on any atom is -0.358 e. The molecule has 8 heteroatoms. The zero-order chi connectivity index (χ0) is 17.6. The van der Waals surface area contributed by atoms with Gasteiger partial charge in [0.2, 0.25) is 5.95 Å². The smallest absolute Gasteiger partial charge is 0.248 e. The molecule has 0 atom stereocenters. The minimum absolute atomic E-state index is 0.447. The fraction of sp³-hybridized carbons (Fsp3) is 0.118. The summed E-state index contributed by atoms with van der Waals surface area (Å²) in [5.74, 6) is 0.447. The number of anilines is 1. The summed E-state index contributed by atoms with van der Waals surface area (Å²) in [6, 6.07) is 15.2. The molecule has 128 valence electrons. The molecule has 0 spiro atoms. The predicted molar refractivity (Wildman–Crippen MR) is 105 cm³/mol. The van der Waals surface area contributed by atoms with Crippen molar-refractivity contribution in [1.82, 2.24) is 20.1 Å². The maximum atomic E-state index is 5.89. The lowest BCUT2D eigenvalue weighted by atomic mass is 10.2. The first kappa shape index (κ1) is 17.7. The molecular weight excluding hydrogens is 377 g/mol. The van der Waals surface area contributed by atoms with Crippen molar-refractivity contribution < 1.29 is 0 Å². The van der Waals surface area contributed by atoms with E-state index in [1.807, 2.05) is 48.5 Å². The Hall–Kier alpha value is -2.15. The van der Waals surface area contributed by atoms with Gasteiger partial charge in [0, 0.05) is 16.6 Å². The Morgan fingerprint density at radius 2 is 1.56 bits per heavy atom.